The molecule has 1 aromatic heterocycles. The lowest BCUT2D eigenvalue weighted by molar-refractivity contribution is 0.0176. The van der Waals surface area contributed by atoms with Gasteiger partial charge in [0.25, 0.3) is 5.88 Å². The maximum Gasteiger partial charge on any atom is 0.251 e. The second kappa shape index (κ2) is 10.2. The number of rotatable bonds is 10. The average Bonchev–Trinajstić information content (AvgIpc) is 2.46. The summed E-state index contributed by atoms with van der Waals surface area (Å²) in [6.07, 6.45) is 1.44. The second-order valence-corrected chi connectivity index (χ2v) is 3.43. The summed E-state index contributed by atoms with van der Waals surface area (Å²) >= 11 is 0. The minimum atomic E-state index is 0.227. The van der Waals surface area contributed by atoms with Crippen molar-refractivity contribution in [1.29, 1.82) is 5.26 Å². The number of nitriles is 1. The van der Waals surface area contributed by atoms with Crippen molar-refractivity contribution in [2.45, 2.75) is 0 Å². The lowest BCUT2D eigenvalue weighted by Crippen LogP contribution is -2.13. The highest BCUT2D eigenvalue weighted by Gasteiger charge is 2.03. The third-order valence-corrected chi connectivity index (χ3v) is 2.08. The Morgan fingerprint density at radius 3 is 2.47 bits per heavy atom. The summed E-state index contributed by atoms with van der Waals surface area (Å²) < 4.78 is 20.6. The molecule has 0 saturated carbocycles. The molecule has 7 nitrogen and oxygen atoms in total. The molecule has 104 valence electrons. The predicted octanol–water partition coefficient (Wildman–Crippen LogP) is 0.407. The van der Waals surface area contributed by atoms with E-state index in [1.165, 1.54) is 6.20 Å². The molecule has 7 heteroatoms. The first-order valence-electron chi connectivity index (χ1n) is 5.87. The Morgan fingerprint density at radius 1 is 1.11 bits per heavy atom. The van der Waals surface area contributed by atoms with E-state index < -0.39 is 0 Å². The number of ether oxygens (including phenoxy) is 4. The van der Waals surface area contributed by atoms with E-state index in [4.69, 9.17) is 24.2 Å². The highest BCUT2D eigenvalue weighted by Crippen LogP contribution is 2.10. The minimum Gasteiger partial charge on any atom is -0.473 e. The molecule has 0 unspecified atom stereocenters. The summed E-state index contributed by atoms with van der Waals surface area (Å²) in [5.41, 5.74) is 0.359. The lowest BCUT2D eigenvalue weighted by Gasteiger charge is -2.07. The van der Waals surface area contributed by atoms with Gasteiger partial charge < -0.3 is 18.9 Å². The van der Waals surface area contributed by atoms with Crippen molar-refractivity contribution < 1.29 is 18.9 Å². The summed E-state index contributed by atoms with van der Waals surface area (Å²) in [6.45, 7) is 2.84. The van der Waals surface area contributed by atoms with E-state index in [9.17, 15) is 0 Å². The topological polar surface area (TPSA) is 86.5 Å². The summed E-state index contributed by atoms with van der Waals surface area (Å²) in [5, 5.41) is 16.2. The maximum atomic E-state index is 8.81. The van der Waals surface area contributed by atoms with E-state index in [-0.39, 0.29) is 5.88 Å². The zero-order chi connectivity index (χ0) is 13.8. The number of aromatic nitrogens is 2. The molecule has 0 aliphatic rings. The fraction of sp³-hybridized carbons (Fsp3) is 0.583. The Labute approximate surface area is 112 Å². The molecule has 19 heavy (non-hydrogen) atoms. The van der Waals surface area contributed by atoms with Crippen molar-refractivity contribution in [3.63, 3.8) is 0 Å². The molecular formula is C12H17N3O4. The van der Waals surface area contributed by atoms with Crippen LogP contribution in [0.4, 0.5) is 0 Å². The summed E-state index contributed by atoms with van der Waals surface area (Å²) in [7, 11) is 1.62. The molecular weight excluding hydrogens is 250 g/mol. The highest BCUT2D eigenvalue weighted by atomic mass is 16.6. The van der Waals surface area contributed by atoms with Crippen LogP contribution >= 0.6 is 0 Å². The normalized spacial score (nSPS) is 10.1. The van der Waals surface area contributed by atoms with Crippen LogP contribution in [-0.2, 0) is 14.2 Å². The van der Waals surface area contributed by atoms with E-state index in [1.807, 2.05) is 6.07 Å². The van der Waals surface area contributed by atoms with Crippen molar-refractivity contribution in [3.05, 3.63) is 17.8 Å². The van der Waals surface area contributed by atoms with E-state index >= 15 is 0 Å². The molecule has 0 amide bonds. The quantitative estimate of drug-likeness (QED) is 0.567. The molecule has 0 radical (unpaired) electrons. The summed E-state index contributed by atoms with van der Waals surface area (Å²) in [6, 6.07) is 3.52. The lowest BCUT2D eigenvalue weighted by atomic mass is 10.3. The molecule has 0 aliphatic carbocycles. The van der Waals surface area contributed by atoms with Crippen molar-refractivity contribution in [2.75, 3.05) is 46.8 Å². The van der Waals surface area contributed by atoms with Gasteiger partial charge in [-0.1, -0.05) is 0 Å². The number of hydrogen-bond donors (Lipinski definition) is 0. The monoisotopic (exact) mass is 267 g/mol. The Balaban J connectivity index is 2.03. The molecule has 0 fully saturated rings. The molecule has 0 bridgehead atoms. The number of methoxy groups -OCH3 is 1. The third-order valence-electron chi connectivity index (χ3n) is 2.08. The molecule has 1 aromatic rings. The molecule has 0 aliphatic heterocycles. The fourth-order valence-electron chi connectivity index (χ4n) is 1.17. The van der Waals surface area contributed by atoms with Crippen LogP contribution in [0.15, 0.2) is 12.3 Å². The zero-order valence-corrected chi connectivity index (χ0v) is 10.9. The van der Waals surface area contributed by atoms with Crippen LogP contribution in [0.1, 0.15) is 5.56 Å². The van der Waals surface area contributed by atoms with Crippen LogP contribution in [0.25, 0.3) is 0 Å². The van der Waals surface area contributed by atoms with Gasteiger partial charge in [0.05, 0.1) is 39.2 Å². The molecule has 0 atom stereocenters. The van der Waals surface area contributed by atoms with Gasteiger partial charge in [-0.05, 0) is 6.07 Å². The molecule has 1 rings (SSSR count). The average molecular weight is 267 g/mol. The number of nitrogens with zero attached hydrogens (tertiary/aromatic N) is 3. The van der Waals surface area contributed by atoms with Crippen LogP contribution < -0.4 is 4.74 Å². The Morgan fingerprint density at radius 2 is 1.79 bits per heavy atom. The molecule has 1 heterocycles. The standard InChI is InChI=1S/C12H17N3O4/c1-16-4-5-17-6-7-18-8-9-19-12-11(10-13)2-3-14-15-12/h2-3H,4-9H2,1H3. The van der Waals surface area contributed by atoms with Gasteiger partial charge in [-0.2, -0.15) is 10.4 Å². The van der Waals surface area contributed by atoms with Crippen molar-refractivity contribution in [1.82, 2.24) is 10.2 Å². The van der Waals surface area contributed by atoms with Gasteiger partial charge in [-0.25, -0.2) is 0 Å². The van der Waals surface area contributed by atoms with E-state index in [0.29, 0.717) is 45.2 Å². The first-order chi connectivity index (χ1) is 9.38. The van der Waals surface area contributed by atoms with Crippen LogP contribution in [0.3, 0.4) is 0 Å². The van der Waals surface area contributed by atoms with Crippen LogP contribution in [0.2, 0.25) is 0 Å². The van der Waals surface area contributed by atoms with Gasteiger partial charge >= 0.3 is 0 Å². The van der Waals surface area contributed by atoms with Crippen LogP contribution in [-0.4, -0.2) is 56.9 Å². The molecule has 0 aromatic carbocycles. The molecule has 0 saturated heterocycles. The van der Waals surface area contributed by atoms with Crippen molar-refractivity contribution >= 4 is 0 Å². The maximum absolute atomic E-state index is 8.81. The van der Waals surface area contributed by atoms with Gasteiger partial charge in [0.2, 0.25) is 0 Å². The van der Waals surface area contributed by atoms with E-state index in [1.54, 1.807) is 13.2 Å². The largest absolute Gasteiger partial charge is 0.473 e. The Kier molecular flexibility index (Phi) is 8.22. The Hall–Kier alpha value is -1.75. The minimum absolute atomic E-state index is 0.227. The summed E-state index contributed by atoms with van der Waals surface area (Å²) in [5.74, 6) is 0.227. The van der Waals surface area contributed by atoms with Crippen molar-refractivity contribution in [2.24, 2.45) is 0 Å². The van der Waals surface area contributed by atoms with Gasteiger partial charge in [0.15, 0.2) is 0 Å². The summed E-state index contributed by atoms with van der Waals surface area (Å²) in [4.78, 5) is 0. The SMILES string of the molecule is COCCOCCOCCOc1nnccc1C#N. The zero-order valence-electron chi connectivity index (χ0n) is 10.9. The number of hydrogen-bond acceptors (Lipinski definition) is 7. The first-order valence-corrected chi connectivity index (χ1v) is 5.87. The van der Waals surface area contributed by atoms with Crippen LogP contribution in [0.5, 0.6) is 5.88 Å². The Bertz CT molecular complexity index is 395. The predicted molar refractivity (Wildman–Crippen MR) is 65.8 cm³/mol. The molecule has 0 spiro atoms. The van der Waals surface area contributed by atoms with E-state index in [2.05, 4.69) is 10.2 Å². The van der Waals surface area contributed by atoms with Gasteiger partial charge in [0.1, 0.15) is 18.2 Å². The smallest absolute Gasteiger partial charge is 0.251 e. The van der Waals surface area contributed by atoms with E-state index in [0.717, 1.165) is 0 Å². The highest BCUT2D eigenvalue weighted by molar-refractivity contribution is 5.35. The van der Waals surface area contributed by atoms with Gasteiger partial charge in [-0.3, -0.25) is 0 Å². The van der Waals surface area contributed by atoms with Gasteiger partial charge in [0, 0.05) is 7.11 Å². The molecule has 0 N–H and O–H groups in total. The fourth-order valence-corrected chi connectivity index (χ4v) is 1.17. The second-order valence-electron chi connectivity index (χ2n) is 3.43. The third kappa shape index (κ3) is 6.67. The van der Waals surface area contributed by atoms with Gasteiger partial charge in [-0.15, -0.1) is 5.10 Å². The van der Waals surface area contributed by atoms with Crippen molar-refractivity contribution in [3.8, 4) is 11.9 Å². The van der Waals surface area contributed by atoms with Crippen LogP contribution in [0, 0.1) is 11.3 Å². The first kappa shape index (κ1) is 15.3.